The quantitative estimate of drug-likeness (QED) is 0.761. The predicted octanol–water partition coefficient (Wildman–Crippen LogP) is 3.14. The number of aromatic nitrogens is 2. The average molecular weight is 355 g/mol. The first-order valence-electron chi connectivity index (χ1n) is 7.96. The lowest BCUT2D eigenvalue weighted by Gasteiger charge is -2.24. The molecule has 0 aliphatic rings. The summed E-state index contributed by atoms with van der Waals surface area (Å²) in [7, 11) is 0. The summed E-state index contributed by atoms with van der Waals surface area (Å²) in [6.45, 7) is 3.63. The molecule has 0 radical (unpaired) electrons. The van der Waals surface area contributed by atoms with E-state index in [1.807, 2.05) is 50.2 Å². The first-order chi connectivity index (χ1) is 12.0. The van der Waals surface area contributed by atoms with Crippen molar-refractivity contribution in [2.24, 2.45) is 5.92 Å². The highest BCUT2D eigenvalue weighted by Crippen LogP contribution is 2.26. The maximum atomic E-state index is 11.4. The number of aliphatic carboxylic acids is 1. The highest BCUT2D eigenvalue weighted by Gasteiger charge is 2.17. The summed E-state index contributed by atoms with van der Waals surface area (Å²) in [6.07, 6.45) is 0. The number of nitrogens with zero attached hydrogens (tertiary/aromatic N) is 2. The smallest absolute Gasteiger partial charge is 0.162 e. The molecule has 0 saturated heterocycles. The molecule has 128 valence electrons. The van der Waals surface area contributed by atoms with Crippen molar-refractivity contribution in [2.75, 3.05) is 5.32 Å². The predicted molar refractivity (Wildman–Crippen MR) is 97.2 cm³/mol. The SMILES string of the molecule is CC(C)[C@H](Nc1nc(-c2ccc(Cl)cc2)nc2ccccc12)C(=O)[O-]. The number of nitrogens with one attached hydrogen (secondary N) is 1. The molecule has 1 N–H and O–H groups in total. The maximum Gasteiger partial charge on any atom is 0.162 e. The Kier molecular flexibility index (Phi) is 4.86. The molecule has 0 spiro atoms. The van der Waals surface area contributed by atoms with Gasteiger partial charge in [-0.2, -0.15) is 0 Å². The zero-order chi connectivity index (χ0) is 18.0. The summed E-state index contributed by atoms with van der Waals surface area (Å²) in [6, 6.07) is 13.8. The van der Waals surface area contributed by atoms with Crippen LogP contribution in [-0.4, -0.2) is 22.0 Å². The third-order valence-electron chi connectivity index (χ3n) is 3.92. The zero-order valence-corrected chi connectivity index (χ0v) is 14.6. The number of rotatable bonds is 5. The Labute approximate surface area is 150 Å². The highest BCUT2D eigenvalue weighted by molar-refractivity contribution is 6.30. The van der Waals surface area contributed by atoms with E-state index in [0.717, 1.165) is 16.5 Å². The lowest BCUT2D eigenvalue weighted by molar-refractivity contribution is -0.307. The lowest BCUT2D eigenvalue weighted by Crippen LogP contribution is -2.44. The molecule has 0 fully saturated rings. The second-order valence-electron chi connectivity index (χ2n) is 6.10. The van der Waals surface area contributed by atoms with Crippen LogP contribution >= 0.6 is 11.6 Å². The Hall–Kier alpha value is -2.66. The van der Waals surface area contributed by atoms with E-state index in [4.69, 9.17) is 11.6 Å². The fraction of sp³-hybridized carbons (Fsp3) is 0.211. The van der Waals surface area contributed by atoms with Crippen molar-refractivity contribution in [1.29, 1.82) is 0 Å². The van der Waals surface area contributed by atoms with Gasteiger partial charge in [0, 0.05) is 16.0 Å². The van der Waals surface area contributed by atoms with E-state index in [9.17, 15) is 9.90 Å². The van der Waals surface area contributed by atoms with Gasteiger partial charge >= 0.3 is 0 Å². The van der Waals surface area contributed by atoms with Crippen LogP contribution in [0.4, 0.5) is 5.82 Å². The maximum absolute atomic E-state index is 11.4. The number of carbonyl (C=O) groups is 1. The van der Waals surface area contributed by atoms with Gasteiger partial charge in [-0.3, -0.25) is 0 Å². The standard InChI is InChI=1S/C19H18ClN3O2/c1-11(2)16(19(24)25)22-18-14-5-3-4-6-15(14)21-17(23-18)12-7-9-13(20)10-8-12/h3-11,16H,1-2H3,(H,24,25)(H,21,22,23)/p-1/t16-/m0/s1. The van der Waals surface area contributed by atoms with Crippen LogP contribution in [0.3, 0.4) is 0 Å². The first-order valence-corrected chi connectivity index (χ1v) is 8.33. The fourth-order valence-corrected chi connectivity index (χ4v) is 2.69. The minimum atomic E-state index is -1.16. The van der Waals surface area contributed by atoms with Crippen LogP contribution in [0.1, 0.15) is 13.8 Å². The van der Waals surface area contributed by atoms with Crippen LogP contribution in [0.2, 0.25) is 5.02 Å². The molecule has 5 nitrogen and oxygen atoms in total. The van der Waals surface area contributed by atoms with Gasteiger partial charge in [0.1, 0.15) is 5.82 Å². The van der Waals surface area contributed by atoms with Crippen LogP contribution in [0, 0.1) is 5.92 Å². The number of halogens is 1. The third kappa shape index (κ3) is 3.72. The van der Waals surface area contributed by atoms with Crippen LogP contribution < -0.4 is 10.4 Å². The summed E-state index contributed by atoms with van der Waals surface area (Å²) >= 11 is 5.94. The van der Waals surface area contributed by atoms with Crippen LogP contribution in [-0.2, 0) is 4.79 Å². The number of carboxylic acid groups (broad SMARTS) is 1. The molecule has 1 aromatic heterocycles. The minimum Gasteiger partial charge on any atom is -0.548 e. The summed E-state index contributed by atoms with van der Waals surface area (Å²) in [5.41, 5.74) is 1.53. The minimum absolute atomic E-state index is 0.155. The number of carboxylic acids is 1. The molecule has 3 aromatic rings. The molecule has 2 aromatic carbocycles. The van der Waals surface area contributed by atoms with Crippen LogP contribution in [0.5, 0.6) is 0 Å². The van der Waals surface area contributed by atoms with Crippen molar-refractivity contribution >= 4 is 34.3 Å². The first kappa shape index (κ1) is 17.2. The molecule has 0 amide bonds. The molecular formula is C19H17ClN3O2-. The van der Waals surface area contributed by atoms with E-state index in [1.54, 1.807) is 12.1 Å². The van der Waals surface area contributed by atoms with E-state index in [1.165, 1.54) is 0 Å². The number of hydrogen-bond donors (Lipinski definition) is 1. The molecular weight excluding hydrogens is 338 g/mol. The van der Waals surface area contributed by atoms with Crippen molar-refractivity contribution < 1.29 is 9.90 Å². The highest BCUT2D eigenvalue weighted by atomic mass is 35.5. The van der Waals surface area contributed by atoms with Gasteiger partial charge in [0.2, 0.25) is 0 Å². The van der Waals surface area contributed by atoms with E-state index >= 15 is 0 Å². The van der Waals surface area contributed by atoms with Gasteiger partial charge in [0.25, 0.3) is 0 Å². The van der Waals surface area contributed by atoms with Gasteiger partial charge in [0.05, 0.1) is 17.5 Å². The topological polar surface area (TPSA) is 77.9 Å². The lowest BCUT2D eigenvalue weighted by atomic mass is 10.0. The Morgan fingerprint density at radius 1 is 1.08 bits per heavy atom. The molecule has 6 heteroatoms. The summed E-state index contributed by atoms with van der Waals surface area (Å²) in [4.78, 5) is 20.6. The molecule has 0 aliphatic heterocycles. The molecule has 0 saturated carbocycles. The van der Waals surface area contributed by atoms with Gasteiger partial charge in [-0.05, 0) is 42.3 Å². The van der Waals surface area contributed by atoms with Crippen LogP contribution in [0.15, 0.2) is 48.5 Å². The second kappa shape index (κ2) is 7.07. The molecule has 0 bridgehead atoms. The second-order valence-corrected chi connectivity index (χ2v) is 6.54. The monoisotopic (exact) mass is 354 g/mol. The van der Waals surface area contributed by atoms with Gasteiger partial charge in [-0.15, -0.1) is 0 Å². The largest absolute Gasteiger partial charge is 0.548 e. The van der Waals surface area contributed by atoms with E-state index in [-0.39, 0.29) is 5.92 Å². The van der Waals surface area contributed by atoms with Gasteiger partial charge in [0.15, 0.2) is 5.82 Å². The molecule has 1 heterocycles. The number of fused-ring (bicyclic) bond motifs is 1. The summed E-state index contributed by atoms with van der Waals surface area (Å²) < 4.78 is 0. The zero-order valence-electron chi connectivity index (χ0n) is 13.9. The average Bonchev–Trinajstić information content (AvgIpc) is 2.59. The Balaban J connectivity index is 2.12. The molecule has 0 aliphatic carbocycles. The number of anilines is 1. The summed E-state index contributed by atoms with van der Waals surface area (Å²) in [5, 5.41) is 15.8. The van der Waals surface area contributed by atoms with Crippen molar-refractivity contribution in [3.8, 4) is 11.4 Å². The van der Waals surface area contributed by atoms with Crippen molar-refractivity contribution in [3.05, 3.63) is 53.6 Å². The van der Waals surface area contributed by atoms with Gasteiger partial charge < -0.3 is 15.2 Å². The van der Waals surface area contributed by atoms with Crippen LogP contribution in [0.25, 0.3) is 22.3 Å². The van der Waals surface area contributed by atoms with E-state index < -0.39 is 12.0 Å². The van der Waals surface area contributed by atoms with E-state index in [0.29, 0.717) is 16.7 Å². The Bertz CT molecular complexity index is 910. The van der Waals surface area contributed by atoms with Gasteiger partial charge in [-0.25, -0.2) is 9.97 Å². The number of para-hydroxylation sites is 1. The Morgan fingerprint density at radius 3 is 2.40 bits per heavy atom. The number of carbonyl (C=O) groups excluding carboxylic acids is 1. The van der Waals surface area contributed by atoms with Crippen molar-refractivity contribution in [3.63, 3.8) is 0 Å². The van der Waals surface area contributed by atoms with Gasteiger partial charge in [-0.1, -0.05) is 37.6 Å². The Morgan fingerprint density at radius 2 is 1.76 bits per heavy atom. The fourth-order valence-electron chi connectivity index (χ4n) is 2.56. The number of benzene rings is 2. The van der Waals surface area contributed by atoms with Crippen molar-refractivity contribution in [2.45, 2.75) is 19.9 Å². The molecule has 3 rings (SSSR count). The molecule has 0 unspecified atom stereocenters. The summed E-state index contributed by atoms with van der Waals surface area (Å²) in [5.74, 6) is -0.347. The molecule has 25 heavy (non-hydrogen) atoms. The van der Waals surface area contributed by atoms with Crippen molar-refractivity contribution in [1.82, 2.24) is 9.97 Å². The normalized spacial score (nSPS) is 12.3. The molecule has 1 atom stereocenters. The third-order valence-corrected chi connectivity index (χ3v) is 4.17. The van der Waals surface area contributed by atoms with E-state index in [2.05, 4.69) is 15.3 Å². The number of hydrogen-bond acceptors (Lipinski definition) is 5.